The Hall–Kier alpha value is -0.570. The van der Waals surface area contributed by atoms with Gasteiger partial charge < -0.3 is 10.4 Å². The first-order chi connectivity index (χ1) is 10.3. The molecule has 3 rings (SSSR count). The molecule has 2 atom stereocenters. The molecule has 21 heavy (non-hydrogen) atoms. The van der Waals surface area contributed by atoms with Crippen LogP contribution in [0.4, 0.5) is 0 Å². The van der Waals surface area contributed by atoms with Gasteiger partial charge in [-0.15, -0.1) is 0 Å². The van der Waals surface area contributed by atoms with Crippen LogP contribution in [0.3, 0.4) is 0 Å². The Morgan fingerprint density at radius 1 is 1.05 bits per heavy atom. The molecule has 1 aromatic rings. The SMILES string of the molecule is OCC1CCCCC1CNC1CC(c2ccc(Cl)cc2)C1. The maximum absolute atomic E-state index is 9.47. The monoisotopic (exact) mass is 307 g/mol. The van der Waals surface area contributed by atoms with Crippen LogP contribution < -0.4 is 5.32 Å². The van der Waals surface area contributed by atoms with E-state index in [1.807, 2.05) is 12.1 Å². The molecule has 2 aliphatic carbocycles. The summed E-state index contributed by atoms with van der Waals surface area (Å²) in [5.74, 6) is 1.90. The van der Waals surface area contributed by atoms with Crippen molar-refractivity contribution in [3.05, 3.63) is 34.9 Å². The van der Waals surface area contributed by atoms with E-state index in [4.69, 9.17) is 11.6 Å². The summed E-state index contributed by atoms with van der Waals surface area (Å²) < 4.78 is 0. The Bertz CT molecular complexity index is 441. The lowest BCUT2D eigenvalue weighted by Gasteiger charge is -2.39. The molecule has 116 valence electrons. The molecule has 0 saturated heterocycles. The van der Waals surface area contributed by atoms with Crippen LogP contribution in [0, 0.1) is 11.8 Å². The average Bonchev–Trinajstić information content (AvgIpc) is 2.48. The number of rotatable bonds is 5. The van der Waals surface area contributed by atoms with Crippen molar-refractivity contribution in [2.45, 2.75) is 50.5 Å². The summed E-state index contributed by atoms with van der Waals surface area (Å²) in [4.78, 5) is 0. The highest BCUT2D eigenvalue weighted by Gasteiger charge is 2.31. The summed E-state index contributed by atoms with van der Waals surface area (Å²) >= 11 is 5.94. The van der Waals surface area contributed by atoms with E-state index in [1.165, 1.54) is 44.1 Å². The van der Waals surface area contributed by atoms with Crippen molar-refractivity contribution in [3.8, 4) is 0 Å². The quantitative estimate of drug-likeness (QED) is 0.862. The highest BCUT2D eigenvalue weighted by Crippen LogP contribution is 2.38. The third-order valence-electron chi connectivity index (χ3n) is 5.45. The predicted molar refractivity (Wildman–Crippen MR) is 87.8 cm³/mol. The largest absolute Gasteiger partial charge is 0.396 e. The second-order valence-corrected chi connectivity index (χ2v) is 7.25. The number of nitrogens with one attached hydrogen (secondary N) is 1. The highest BCUT2D eigenvalue weighted by atomic mass is 35.5. The Morgan fingerprint density at radius 2 is 1.71 bits per heavy atom. The van der Waals surface area contributed by atoms with Gasteiger partial charge in [0.2, 0.25) is 0 Å². The minimum absolute atomic E-state index is 0.365. The molecule has 2 nitrogen and oxygen atoms in total. The molecular formula is C18H26ClNO. The smallest absolute Gasteiger partial charge is 0.0462 e. The third kappa shape index (κ3) is 3.80. The van der Waals surface area contributed by atoms with Crippen LogP contribution in [0.5, 0.6) is 0 Å². The molecule has 2 fully saturated rings. The Morgan fingerprint density at radius 3 is 2.38 bits per heavy atom. The van der Waals surface area contributed by atoms with Gasteiger partial charge in [0.25, 0.3) is 0 Å². The number of aliphatic hydroxyl groups is 1. The van der Waals surface area contributed by atoms with Crippen LogP contribution in [0.1, 0.15) is 50.0 Å². The zero-order chi connectivity index (χ0) is 14.7. The number of aliphatic hydroxyl groups excluding tert-OH is 1. The van der Waals surface area contributed by atoms with Gasteiger partial charge in [-0.2, -0.15) is 0 Å². The summed E-state index contributed by atoms with van der Waals surface area (Å²) in [6.07, 6.45) is 7.59. The average molecular weight is 308 g/mol. The lowest BCUT2D eigenvalue weighted by Crippen LogP contribution is -2.44. The first-order valence-corrected chi connectivity index (χ1v) is 8.73. The van der Waals surface area contributed by atoms with E-state index in [2.05, 4.69) is 17.4 Å². The zero-order valence-corrected chi connectivity index (χ0v) is 13.4. The summed E-state index contributed by atoms with van der Waals surface area (Å²) in [6, 6.07) is 8.96. The highest BCUT2D eigenvalue weighted by molar-refractivity contribution is 6.30. The van der Waals surface area contributed by atoms with Gasteiger partial charge in [0.05, 0.1) is 0 Å². The van der Waals surface area contributed by atoms with Crippen molar-refractivity contribution in [3.63, 3.8) is 0 Å². The number of hydrogen-bond donors (Lipinski definition) is 2. The molecule has 0 aromatic heterocycles. The molecule has 0 spiro atoms. The van der Waals surface area contributed by atoms with Crippen molar-refractivity contribution >= 4 is 11.6 Å². The fourth-order valence-electron chi connectivity index (χ4n) is 3.90. The maximum Gasteiger partial charge on any atom is 0.0462 e. The molecule has 2 N–H and O–H groups in total. The van der Waals surface area contributed by atoms with Crippen molar-refractivity contribution in [2.75, 3.05) is 13.2 Å². The second-order valence-electron chi connectivity index (χ2n) is 6.81. The van der Waals surface area contributed by atoms with E-state index in [1.54, 1.807) is 0 Å². The Labute approximate surface area is 132 Å². The maximum atomic E-state index is 9.47. The fourth-order valence-corrected chi connectivity index (χ4v) is 4.03. The van der Waals surface area contributed by atoms with Gasteiger partial charge in [0, 0.05) is 17.7 Å². The molecule has 0 radical (unpaired) electrons. The first kappa shape index (κ1) is 15.3. The molecule has 0 aliphatic heterocycles. The van der Waals surface area contributed by atoms with E-state index < -0.39 is 0 Å². The van der Waals surface area contributed by atoms with Gasteiger partial charge in [-0.3, -0.25) is 0 Å². The summed E-state index contributed by atoms with van der Waals surface area (Å²) in [6.45, 7) is 1.45. The van der Waals surface area contributed by atoms with Gasteiger partial charge >= 0.3 is 0 Å². The van der Waals surface area contributed by atoms with Crippen LogP contribution in [-0.2, 0) is 0 Å². The molecule has 2 unspecified atom stereocenters. The van der Waals surface area contributed by atoms with Gasteiger partial charge in [-0.1, -0.05) is 36.6 Å². The third-order valence-corrected chi connectivity index (χ3v) is 5.70. The fraction of sp³-hybridized carbons (Fsp3) is 0.667. The van der Waals surface area contributed by atoms with Crippen molar-refractivity contribution in [1.82, 2.24) is 5.32 Å². The molecule has 2 aliphatic rings. The van der Waals surface area contributed by atoms with Crippen LogP contribution in [-0.4, -0.2) is 24.3 Å². The molecule has 0 amide bonds. The van der Waals surface area contributed by atoms with Crippen LogP contribution in [0.2, 0.25) is 5.02 Å². The molecular weight excluding hydrogens is 282 g/mol. The topological polar surface area (TPSA) is 32.3 Å². The van der Waals surface area contributed by atoms with Gasteiger partial charge in [-0.25, -0.2) is 0 Å². The molecule has 1 aromatic carbocycles. The number of benzene rings is 1. The van der Waals surface area contributed by atoms with Crippen LogP contribution >= 0.6 is 11.6 Å². The van der Waals surface area contributed by atoms with Crippen molar-refractivity contribution in [2.24, 2.45) is 11.8 Å². The van der Waals surface area contributed by atoms with Crippen molar-refractivity contribution in [1.29, 1.82) is 0 Å². The van der Waals surface area contributed by atoms with Gasteiger partial charge in [0.1, 0.15) is 0 Å². The summed E-state index contributed by atoms with van der Waals surface area (Å²) in [7, 11) is 0. The first-order valence-electron chi connectivity index (χ1n) is 8.36. The van der Waals surface area contributed by atoms with E-state index in [0.29, 0.717) is 30.4 Å². The number of halogens is 1. The van der Waals surface area contributed by atoms with Crippen LogP contribution in [0.15, 0.2) is 24.3 Å². The summed E-state index contributed by atoms with van der Waals surface area (Å²) in [5.41, 5.74) is 1.42. The van der Waals surface area contributed by atoms with Gasteiger partial charge in [-0.05, 0) is 67.7 Å². The second kappa shape index (κ2) is 7.13. The van der Waals surface area contributed by atoms with Gasteiger partial charge in [0.15, 0.2) is 0 Å². The minimum Gasteiger partial charge on any atom is -0.396 e. The molecule has 2 saturated carbocycles. The molecule has 3 heteroatoms. The van der Waals surface area contributed by atoms with Crippen LogP contribution in [0.25, 0.3) is 0 Å². The van der Waals surface area contributed by atoms with E-state index in [0.717, 1.165) is 11.6 Å². The zero-order valence-electron chi connectivity index (χ0n) is 12.6. The molecule has 0 bridgehead atoms. The van der Waals surface area contributed by atoms with Crippen molar-refractivity contribution < 1.29 is 5.11 Å². The van der Waals surface area contributed by atoms with E-state index in [9.17, 15) is 5.11 Å². The molecule has 0 heterocycles. The standard InChI is InChI=1S/C18H26ClNO/c19-17-7-5-13(6-8-17)16-9-18(10-16)20-11-14-3-1-2-4-15(14)12-21/h5-8,14-16,18,20-21H,1-4,9-12H2. The summed E-state index contributed by atoms with van der Waals surface area (Å²) in [5, 5.41) is 14.0. The van der Waals surface area contributed by atoms with E-state index in [-0.39, 0.29) is 0 Å². The predicted octanol–water partition coefficient (Wildman–Crippen LogP) is 3.97. The Balaban J connectivity index is 1.41. The number of hydrogen-bond acceptors (Lipinski definition) is 2. The minimum atomic E-state index is 0.365. The Kier molecular flexibility index (Phi) is 5.20. The lowest BCUT2D eigenvalue weighted by atomic mass is 9.75. The van der Waals surface area contributed by atoms with E-state index >= 15 is 0 Å². The lowest BCUT2D eigenvalue weighted by molar-refractivity contribution is 0.126. The normalized spacial score (nSPS) is 32.7.